The summed E-state index contributed by atoms with van der Waals surface area (Å²) in [6.07, 6.45) is -0.547. The molecule has 0 aliphatic carbocycles. The van der Waals surface area contributed by atoms with Crippen LogP contribution in [0.3, 0.4) is 0 Å². The van der Waals surface area contributed by atoms with Gasteiger partial charge in [-0.2, -0.15) is 0 Å². The Hall–Kier alpha value is -2.90. The number of carboxylic acids is 1. The minimum Gasteiger partial charge on any atom is -0.478 e. The Kier molecular flexibility index (Phi) is 5.21. The zero-order chi connectivity index (χ0) is 15.1. The van der Waals surface area contributed by atoms with Crippen LogP contribution in [0.2, 0.25) is 0 Å². The van der Waals surface area contributed by atoms with Crippen molar-refractivity contribution in [1.82, 2.24) is 10.9 Å². The van der Waals surface area contributed by atoms with E-state index in [1.54, 1.807) is 6.07 Å². The molecule has 0 aromatic heterocycles. The van der Waals surface area contributed by atoms with Gasteiger partial charge in [-0.25, -0.2) is 4.79 Å². The van der Waals surface area contributed by atoms with Crippen molar-refractivity contribution in [2.75, 3.05) is 5.32 Å². The largest absolute Gasteiger partial charge is 0.478 e. The number of amides is 3. The first kappa shape index (κ1) is 15.2. The van der Waals surface area contributed by atoms with E-state index in [0.29, 0.717) is 0 Å². The quantitative estimate of drug-likeness (QED) is 0.452. The van der Waals surface area contributed by atoms with Crippen molar-refractivity contribution in [2.24, 2.45) is 0 Å². The van der Waals surface area contributed by atoms with Crippen molar-refractivity contribution >= 4 is 29.4 Å². The fraction of sp³-hybridized carbons (Fsp3) is 0.167. The van der Waals surface area contributed by atoms with Crippen LogP contribution in [0.25, 0.3) is 0 Å². The van der Waals surface area contributed by atoms with Crippen LogP contribution in [0, 0.1) is 0 Å². The molecule has 1 rings (SSSR count). The van der Waals surface area contributed by atoms with Gasteiger partial charge in [0.2, 0.25) is 17.7 Å². The number of hydrazine groups is 1. The summed E-state index contributed by atoms with van der Waals surface area (Å²) < 4.78 is 0. The first-order valence-electron chi connectivity index (χ1n) is 5.57. The van der Waals surface area contributed by atoms with Crippen molar-refractivity contribution in [2.45, 2.75) is 13.3 Å². The highest BCUT2D eigenvalue weighted by atomic mass is 16.4. The molecule has 0 aliphatic heterocycles. The molecule has 8 nitrogen and oxygen atoms in total. The van der Waals surface area contributed by atoms with E-state index in [-0.39, 0.29) is 11.3 Å². The van der Waals surface area contributed by atoms with Crippen molar-refractivity contribution in [3.63, 3.8) is 0 Å². The summed E-state index contributed by atoms with van der Waals surface area (Å²) in [5, 5.41) is 11.2. The maximum absolute atomic E-state index is 11.6. The molecular weight excluding hydrogens is 266 g/mol. The third-order valence-corrected chi connectivity index (χ3v) is 2.13. The maximum Gasteiger partial charge on any atom is 0.337 e. The van der Waals surface area contributed by atoms with Gasteiger partial charge in [-0.15, -0.1) is 0 Å². The topological polar surface area (TPSA) is 125 Å². The van der Waals surface area contributed by atoms with Crippen LogP contribution in [-0.4, -0.2) is 28.8 Å². The second kappa shape index (κ2) is 6.88. The number of para-hydroxylation sites is 1. The van der Waals surface area contributed by atoms with Gasteiger partial charge in [-0.1, -0.05) is 12.1 Å². The van der Waals surface area contributed by atoms with Crippen LogP contribution in [0.5, 0.6) is 0 Å². The van der Waals surface area contributed by atoms with Crippen molar-refractivity contribution in [3.05, 3.63) is 29.8 Å². The number of hydrogen-bond acceptors (Lipinski definition) is 4. The molecule has 0 bridgehead atoms. The average Bonchev–Trinajstić information content (AvgIpc) is 2.36. The third kappa shape index (κ3) is 4.77. The van der Waals surface area contributed by atoms with Gasteiger partial charge in [0, 0.05) is 6.92 Å². The lowest BCUT2D eigenvalue weighted by atomic mass is 10.2. The van der Waals surface area contributed by atoms with Gasteiger partial charge in [0.1, 0.15) is 6.42 Å². The number of carbonyl (C=O) groups excluding carboxylic acids is 3. The van der Waals surface area contributed by atoms with Gasteiger partial charge >= 0.3 is 5.97 Å². The van der Waals surface area contributed by atoms with Crippen LogP contribution in [0.15, 0.2) is 24.3 Å². The highest BCUT2D eigenvalue weighted by Crippen LogP contribution is 2.14. The number of aromatic carboxylic acids is 1. The third-order valence-electron chi connectivity index (χ3n) is 2.13. The van der Waals surface area contributed by atoms with Crippen LogP contribution >= 0.6 is 0 Å². The molecule has 0 spiro atoms. The summed E-state index contributed by atoms with van der Waals surface area (Å²) in [5.41, 5.74) is 4.07. The molecule has 0 saturated heterocycles. The standard InChI is InChI=1S/C12H13N3O5/c1-7(16)14-15-11(18)6-10(17)13-9-5-3-2-4-8(9)12(19)20/h2-5H,6H2,1H3,(H,13,17)(H,14,16)(H,15,18)(H,19,20). The van der Waals surface area contributed by atoms with Gasteiger partial charge in [0.25, 0.3) is 0 Å². The lowest BCUT2D eigenvalue weighted by Crippen LogP contribution is -2.41. The summed E-state index contributed by atoms with van der Waals surface area (Å²) in [5.74, 6) is -3.08. The van der Waals surface area contributed by atoms with Crippen LogP contribution in [-0.2, 0) is 14.4 Å². The SMILES string of the molecule is CC(=O)NNC(=O)CC(=O)Nc1ccccc1C(=O)O. The Bertz CT molecular complexity index is 556. The summed E-state index contributed by atoms with van der Waals surface area (Å²) in [6, 6.07) is 5.81. The number of nitrogens with one attached hydrogen (secondary N) is 3. The number of benzene rings is 1. The lowest BCUT2D eigenvalue weighted by molar-refractivity contribution is -0.131. The molecule has 0 atom stereocenters. The second-order valence-electron chi connectivity index (χ2n) is 3.81. The van der Waals surface area contributed by atoms with E-state index in [0.717, 1.165) is 0 Å². The van der Waals surface area contributed by atoms with Crippen molar-refractivity contribution in [1.29, 1.82) is 0 Å². The van der Waals surface area contributed by atoms with E-state index in [9.17, 15) is 19.2 Å². The first-order valence-corrected chi connectivity index (χ1v) is 5.57. The van der Waals surface area contributed by atoms with E-state index in [4.69, 9.17) is 5.11 Å². The van der Waals surface area contributed by atoms with Gasteiger partial charge < -0.3 is 10.4 Å². The fourth-order valence-electron chi connectivity index (χ4n) is 1.32. The predicted molar refractivity (Wildman–Crippen MR) is 68.6 cm³/mol. The number of hydrogen-bond donors (Lipinski definition) is 4. The Balaban J connectivity index is 2.61. The molecule has 1 aromatic carbocycles. The Labute approximate surface area is 114 Å². The highest BCUT2D eigenvalue weighted by molar-refractivity contribution is 6.06. The molecule has 1 aromatic rings. The fourth-order valence-corrected chi connectivity index (χ4v) is 1.32. The van der Waals surface area contributed by atoms with E-state index in [1.165, 1.54) is 25.1 Å². The zero-order valence-corrected chi connectivity index (χ0v) is 10.6. The normalized spacial score (nSPS) is 9.45. The molecule has 0 fully saturated rings. The zero-order valence-electron chi connectivity index (χ0n) is 10.6. The van der Waals surface area contributed by atoms with E-state index < -0.39 is 30.1 Å². The van der Waals surface area contributed by atoms with E-state index in [2.05, 4.69) is 5.32 Å². The van der Waals surface area contributed by atoms with E-state index >= 15 is 0 Å². The summed E-state index contributed by atoms with van der Waals surface area (Å²) in [7, 11) is 0. The molecule has 8 heteroatoms. The van der Waals surface area contributed by atoms with Crippen molar-refractivity contribution in [3.8, 4) is 0 Å². The van der Waals surface area contributed by atoms with Gasteiger partial charge in [0.15, 0.2) is 0 Å². The summed E-state index contributed by atoms with van der Waals surface area (Å²) >= 11 is 0. The molecule has 0 radical (unpaired) electrons. The lowest BCUT2D eigenvalue weighted by Gasteiger charge is -2.08. The average molecular weight is 279 g/mol. The van der Waals surface area contributed by atoms with Crippen LogP contribution in [0.1, 0.15) is 23.7 Å². The van der Waals surface area contributed by atoms with Gasteiger partial charge in [-0.05, 0) is 12.1 Å². The molecule has 4 N–H and O–H groups in total. The molecule has 106 valence electrons. The molecule has 3 amide bonds. The molecule has 0 saturated carbocycles. The molecule has 20 heavy (non-hydrogen) atoms. The van der Waals surface area contributed by atoms with Crippen LogP contribution in [0.4, 0.5) is 5.69 Å². The minimum atomic E-state index is -1.19. The molecule has 0 heterocycles. The summed E-state index contributed by atoms with van der Waals surface area (Å²) in [4.78, 5) is 44.3. The minimum absolute atomic E-state index is 0.0804. The Morgan fingerprint density at radius 2 is 1.70 bits per heavy atom. The monoisotopic (exact) mass is 279 g/mol. The molecule has 0 unspecified atom stereocenters. The van der Waals surface area contributed by atoms with Crippen LogP contribution < -0.4 is 16.2 Å². The second-order valence-corrected chi connectivity index (χ2v) is 3.81. The summed E-state index contributed by atoms with van der Waals surface area (Å²) in [6.45, 7) is 1.20. The van der Waals surface area contributed by atoms with Crippen molar-refractivity contribution < 1.29 is 24.3 Å². The molecule has 0 aliphatic rings. The number of anilines is 1. The first-order chi connectivity index (χ1) is 9.40. The maximum atomic E-state index is 11.6. The van der Waals surface area contributed by atoms with Gasteiger partial charge in [-0.3, -0.25) is 25.2 Å². The smallest absolute Gasteiger partial charge is 0.337 e. The Morgan fingerprint density at radius 1 is 1.05 bits per heavy atom. The number of carboxylic acid groups (broad SMARTS) is 1. The number of rotatable bonds is 4. The predicted octanol–water partition coefficient (Wildman–Crippen LogP) is -0.119. The highest BCUT2D eigenvalue weighted by Gasteiger charge is 2.14. The molecular formula is C12H13N3O5. The number of carbonyl (C=O) groups is 4. The van der Waals surface area contributed by atoms with Gasteiger partial charge in [0.05, 0.1) is 11.3 Å². The Morgan fingerprint density at radius 3 is 2.30 bits per heavy atom. The van der Waals surface area contributed by atoms with E-state index in [1.807, 2.05) is 10.9 Å².